The quantitative estimate of drug-likeness (QED) is 0.466. The molecule has 1 unspecified atom stereocenters. The molecule has 3 aromatic rings. The molecule has 0 bridgehead atoms. The van der Waals surface area contributed by atoms with Gasteiger partial charge in [0.15, 0.2) is 0 Å². The lowest BCUT2D eigenvalue weighted by Crippen LogP contribution is -2.21. The van der Waals surface area contributed by atoms with E-state index in [2.05, 4.69) is 21.2 Å². The minimum Gasteiger partial charge on any atom is -0.489 e. The van der Waals surface area contributed by atoms with Crippen molar-refractivity contribution in [1.82, 2.24) is 5.32 Å². The minimum absolute atomic E-state index is 0. The average Bonchev–Trinajstić information content (AvgIpc) is 2.69. The molecule has 0 aliphatic carbocycles. The monoisotopic (exact) mass is 465 g/mol. The van der Waals surface area contributed by atoms with Gasteiger partial charge in [0.2, 0.25) is 0 Å². The van der Waals surface area contributed by atoms with Crippen LogP contribution in [0.4, 0.5) is 4.39 Å². The fourth-order valence-corrected chi connectivity index (χ4v) is 3.11. The normalized spacial score (nSPS) is 11.5. The van der Waals surface area contributed by atoms with Crippen molar-refractivity contribution >= 4 is 28.3 Å². The van der Waals surface area contributed by atoms with E-state index >= 15 is 0 Å². The number of aliphatic hydroxyl groups excluding tert-OH is 1. The standard InChI is InChI=1S/C22H21BrFNO2.ClH/c23-19-8-11-22(27-15-16-6-9-20(24)10-7-16)18(12-19)13-25-14-21(26)17-4-2-1-3-5-17;/h1-12,21,25-26H,13-15H2;1H. The molecule has 3 rings (SSSR count). The minimum atomic E-state index is -0.568. The molecule has 28 heavy (non-hydrogen) atoms. The van der Waals surface area contributed by atoms with Crippen molar-refractivity contribution in [1.29, 1.82) is 0 Å². The van der Waals surface area contributed by atoms with Gasteiger partial charge in [0.1, 0.15) is 18.2 Å². The first-order chi connectivity index (χ1) is 13.1. The second kappa shape index (κ2) is 11.2. The summed E-state index contributed by atoms with van der Waals surface area (Å²) in [6, 6.07) is 21.6. The van der Waals surface area contributed by atoms with Crippen LogP contribution in [-0.4, -0.2) is 11.7 Å². The summed E-state index contributed by atoms with van der Waals surface area (Å²) in [5.74, 6) is 0.494. The fraction of sp³-hybridized carbons (Fsp3) is 0.182. The highest BCUT2D eigenvalue weighted by atomic mass is 79.9. The Labute approximate surface area is 179 Å². The Morgan fingerprint density at radius 1 is 1.00 bits per heavy atom. The summed E-state index contributed by atoms with van der Waals surface area (Å²) in [7, 11) is 0. The van der Waals surface area contributed by atoms with Crippen molar-refractivity contribution in [3.8, 4) is 5.75 Å². The van der Waals surface area contributed by atoms with E-state index in [0.29, 0.717) is 19.7 Å². The first kappa shape index (κ1) is 22.4. The number of rotatable bonds is 8. The van der Waals surface area contributed by atoms with Gasteiger partial charge in [0.05, 0.1) is 6.10 Å². The van der Waals surface area contributed by atoms with Crippen molar-refractivity contribution in [2.45, 2.75) is 19.3 Å². The Balaban J connectivity index is 0.00000280. The van der Waals surface area contributed by atoms with E-state index in [-0.39, 0.29) is 18.2 Å². The lowest BCUT2D eigenvalue weighted by atomic mass is 10.1. The van der Waals surface area contributed by atoms with Crippen LogP contribution in [0.5, 0.6) is 5.75 Å². The molecule has 0 aliphatic heterocycles. The first-order valence-electron chi connectivity index (χ1n) is 8.71. The van der Waals surface area contributed by atoms with Gasteiger partial charge >= 0.3 is 0 Å². The van der Waals surface area contributed by atoms with Gasteiger partial charge in [-0.2, -0.15) is 0 Å². The number of hydrogen-bond donors (Lipinski definition) is 2. The summed E-state index contributed by atoms with van der Waals surface area (Å²) < 4.78 is 19.9. The zero-order chi connectivity index (χ0) is 19.1. The van der Waals surface area contributed by atoms with E-state index in [1.165, 1.54) is 12.1 Å². The lowest BCUT2D eigenvalue weighted by molar-refractivity contribution is 0.174. The van der Waals surface area contributed by atoms with E-state index in [0.717, 1.165) is 26.9 Å². The average molecular weight is 467 g/mol. The maximum absolute atomic E-state index is 13.0. The molecule has 0 heterocycles. The molecule has 0 fully saturated rings. The fourth-order valence-electron chi connectivity index (χ4n) is 2.71. The smallest absolute Gasteiger partial charge is 0.124 e. The number of benzene rings is 3. The van der Waals surface area contributed by atoms with Crippen LogP contribution >= 0.6 is 28.3 Å². The Bertz CT molecular complexity index is 862. The highest BCUT2D eigenvalue weighted by Gasteiger charge is 2.09. The van der Waals surface area contributed by atoms with Gasteiger partial charge < -0.3 is 15.2 Å². The Hall–Kier alpha value is -1.92. The maximum Gasteiger partial charge on any atom is 0.124 e. The van der Waals surface area contributed by atoms with Crippen molar-refractivity contribution in [3.05, 3.63) is 99.8 Å². The highest BCUT2D eigenvalue weighted by molar-refractivity contribution is 9.10. The SMILES string of the molecule is Cl.OC(CNCc1cc(Br)ccc1OCc1ccc(F)cc1)c1ccccc1. The van der Waals surface area contributed by atoms with Gasteiger partial charge in [-0.25, -0.2) is 4.39 Å². The van der Waals surface area contributed by atoms with Crippen LogP contribution in [0.3, 0.4) is 0 Å². The van der Waals surface area contributed by atoms with Crippen LogP contribution in [0, 0.1) is 5.82 Å². The van der Waals surface area contributed by atoms with Gasteiger partial charge in [-0.3, -0.25) is 0 Å². The second-order valence-corrected chi connectivity index (χ2v) is 7.14. The van der Waals surface area contributed by atoms with E-state index in [9.17, 15) is 9.50 Å². The van der Waals surface area contributed by atoms with Crippen LogP contribution < -0.4 is 10.1 Å². The predicted molar refractivity (Wildman–Crippen MR) is 115 cm³/mol. The number of ether oxygens (including phenoxy) is 1. The molecule has 0 aliphatic rings. The molecular formula is C22H22BrClFNO2. The molecular weight excluding hydrogens is 445 g/mol. The molecule has 0 aromatic heterocycles. The number of nitrogens with one attached hydrogen (secondary N) is 1. The van der Waals surface area contributed by atoms with Crippen molar-refractivity contribution < 1.29 is 14.2 Å². The van der Waals surface area contributed by atoms with E-state index < -0.39 is 6.10 Å². The summed E-state index contributed by atoms with van der Waals surface area (Å²) in [4.78, 5) is 0. The van der Waals surface area contributed by atoms with Crippen LogP contribution in [0.15, 0.2) is 77.3 Å². The largest absolute Gasteiger partial charge is 0.489 e. The topological polar surface area (TPSA) is 41.5 Å². The zero-order valence-corrected chi connectivity index (χ0v) is 17.5. The molecule has 6 heteroatoms. The van der Waals surface area contributed by atoms with Crippen LogP contribution in [0.2, 0.25) is 0 Å². The molecule has 0 saturated heterocycles. The zero-order valence-electron chi connectivity index (χ0n) is 15.1. The Morgan fingerprint density at radius 3 is 2.43 bits per heavy atom. The van der Waals surface area contributed by atoms with Gasteiger partial charge in [-0.05, 0) is 41.5 Å². The van der Waals surface area contributed by atoms with Crippen molar-refractivity contribution in [2.75, 3.05) is 6.54 Å². The third-order valence-corrected chi connectivity index (χ3v) is 4.66. The maximum atomic E-state index is 13.0. The first-order valence-corrected chi connectivity index (χ1v) is 9.50. The van der Waals surface area contributed by atoms with Crippen LogP contribution in [0.1, 0.15) is 22.8 Å². The lowest BCUT2D eigenvalue weighted by Gasteiger charge is -2.15. The van der Waals surface area contributed by atoms with Crippen LogP contribution in [0.25, 0.3) is 0 Å². The van der Waals surface area contributed by atoms with Crippen molar-refractivity contribution in [2.24, 2.45) is 0 Å². The summed E-state index contributed by atoms with van der Waals surface area (Å²) in [6.07, 6.45) is -0.568. The summed E-state index contributed by atoms with van der Waals surface area (Å²) in [6.45, 7) is 1.36. The molecule has 2 N–H and O–H groups in total. The number of hydrogen-bond acceptors (Lipinski definition) is 3. The van der Waals surface area contributed by atoms with Gasteiger partial charge in [0, 0.05) is 23.1 Å². The molecule has 0 spiro atoms. The van der Waals surface area contributed by atoms with Gasteiger partial charge in [-0.1, -0.05) is 58.4 Å². The Morgan fingerprint density at radius 2 is 1.71 bits per heavy atom. The van der Waals surface area contributed by atoms with Gasteiger partial charge in [0.25, 0.3) is 0 Å². The second-order valence-electron chi connectivity index (χ2n) is 6.22. The summed E-state index contributed by atoms with van der Waals surface area (Å²) in [5.41, 5.74) is 2.76. The molecule has 0 radical (unpaired) electrons. The third-order valence-electron chi connectivity index (χ3n) is 4.17. The highest BCUT2D eigenvalue weighted by Crippen LogP contribution is 2.24. The number of aliphatic hydroxyl groups is 1. The van der Waals surface area contributed by atoms with Crippen molar-refractivity contribution in [3.63, 3.8) is 0 Å². The molecule has 3 nitrogen and oxygen atoms in total. The molecule has 0 amide bonds. The molecule has 1 atom stereocenters. The third kappa shape index (κ3) is 6.60. The summed E-state index contributed by atoms with van der Waals surface area (Å²) in [5, 5.41) is 13.5. The van der Waals surface area contributed by atoms with E-state index in [4.69, 9.17) is 4.74 Å². The van der Waals surface area contributed by atoms with Gasteiger partial charge in [-0.15, -0.1) is 12.4 Å². The van der Waals surface area contributed by atoms with E-state index in [1.54, 1.807) is 12.1 Å². The number of halogens is 3. The predicted octanol–water partition coefficient (Wildman–Crippen LogP) is 5.41. The Kier molecular flexibility index (Phi) is 8.93. The summed E-state index contributed by atoms with van der Waals surface area (Å²) >= 11 is 3.48. The molecule has 148 valence electrons. The molecule has 3 aromatic carbocycles. The molecule has 0 saturated carbocycles. The van der Waals surface area contributed by atoms with E-state index in [1.807, 2.05) is 48.5 Å². The van der Waals surface area contributed by atoms with Crippen LogP contribution in [-0.2, 0) is 13.2 Å².